The first-order valence-electron chi connectivity index (χ1n) is 9.89. The van der Waals surface area contributed by atoms with E-state index in [-0.39, 0.29) is 17.3 Å². The van der Waals surface area contributed by atoms with Crippen LogP contribution in [0.4, 0.5) is 16.2 Å². The molecule has 0 radical (unpaired) electrons. The SMILES string of the molecule is CC1(C)[C@H](O)C[C@@H]1Nc1nc(NCc2cncnc2-c2ccc(F)cc2)ncc1C#N. The number of aromatic nitrogens is 4. The lowest BCUT2D eigenvalue weighted by molar-refractivity contribution is -0.0511. The predicted octanol–water partition coefficient (Wildman–Crippen LogP) is 3.13. The number of rotatable bonds is 6. The van der Waals surface area contributed by atoms with Gasteiger partial charge in [0.2, 0.25) is 5.95 Å². The van der Waals surface area contributed by atoms with Crippen molar-refractivity contribution in [1.82, 2.24) is 19.9 Å². The molecule has 0 saturated heterocycles. The zero-order chi connectivity index (χ0) is 22.0. The van der Waals surface area contributed by atoms with Crippen molar-refractivity contribution in [2.45, 2.75) is 39.0 Å². The van der Waals surface area contributed by atoms with Crippen molar-refractivity contribution in [2.75, 3.05) is 10.6 Å². The van der Waals surface area contributed by atoms with Crippen LogP contribution in [0.1, 0.15) is 31.4 Å². The minimum Gasteiger partial charge on any atom is -0.392 e. The minimum absolute atomic E-state index is 0.00459. The highest BCUT2D eigenvalue weighted by atomic mass is 19.1. The first-order valence-corrected chi connectivity index (χ1v) is 9.89. The number of benzene rings is 1. The second-order valence-electron chi connectivity index (χ2n) is 8.09. The molecule has 2 atom stereocenters. The third-order valence-corrected chi connectivity index (χ3v) is 5.78. The number of anilines is 2. The summed E-state index contributed by atoms with van der Waals surface area (Å²) in [7, 11) is 0. The van der Waals surface area contributed by atoms with Crippen LogP contribution in [0.2, 0.25) is 0 Å². The number of aliphatic hydroxyl groups is 1. The second-order valence-corrected chi connectivity index (χ2v) is 8.09. The van der Waals surface area contributed by atoms with E-state index < -0.39 is 6.10 Å². The van der Waals surface area contributed by atoms with Gasteiger partial charge in [-0.05, 0) is 30.7 Å². The first-order chi connectivity index (χ1) is 14.9. The van der Waals surface area contributed by atoms with Crippen LogP contribution in [0.5, 0.6) is 0 Å². The van der Waals surface area contributed by atoms with Crippen LogP contribution in [0.3, 0.4) is 0 Å². The monoisotopic (exact) mass is 419 g/mol. The summed E-state index contributed by atoms with van der Waals surface area (Å²) in [4.78, 5) is 17.1. The standard InChI is InChI=1S/C22H22FN7O/c1-22(2)17(7-18(22)31)29-20-14(8-24)10-26-21(30-20)27-11-15-9-25-12-28-19(15)13-3-5-16(23)6-4-13/h3-6,9-10,12,17-18,31H,7,11H2,1-2H3,(H2,26,27,29,30)/t17-,18+/m0/s1. The second kappa shape index (κ2) is 8.24. The van der Waals surface area contributed by atoms with Gasteiger partial charge in [-0.25, -0.2) is 19.3 Å². The predicted molar refractivity (Wildman–Crippen MR) is 113 cm³/mol. The van der Waals surface area contributed by atoms with Crippen LogP contribution in [0.25, 0.3) is 11.3 Å². The van der Waals surface area contributed by atoms with E-state index in [1.807, 2.05) is 13.8 Å². The van der Waals surface area contributed by atoms with E-state index in [2.05, 4.69) is 36.6 Å². The molecule has 3 N–H and O–H groups in total. The number of nitrogens with one attached hydrogen (secondary N) is 2. The van der Waals surface area contributed by atoms with E-state index in [1.165, 1.54) is 24.7 Å². The molecule has 9 heteroatoms. The summed E-state index contributed by atoms with van der Waals surface area (Å²) in [5, 5.41) is 25.8. The van der Waals surface area contributed by atoms with Crippen molar-refractivity contribution in [3.63, 3.8) is 0 Å². The molecule has 1 fully saturated rings. The van der Waals surface area contributed by atoms with Gasteiger partial charge in [-0.1, -0.05) is 13.8 Å². The maximum atomic E-state index is 13.3. The zero-order valence-corrected chi connectivity index (χ0v) is 17.2. The molecule has 0 bridgehead atoms. The third-order valence-electron chi connectivity index (χ3n) is 5.78. The molecule has 0 amide bonds. The van der Waals surface area contributed by atoms with Crippen LogP contribution >= 0.6 is 0 Å². The number of nitriles is 1. The van der Waals surface area contributed by atoms with E-state index in [9.17, 15) is 14.8 Å². The van der Waals surface area contributed by atoms with Crippen molar-refractivity contribution < 1.29 is 9.50 Å². The average molecular weight is 419 g/mol. The Hall–Kier alpha value is -3.64. The van der Waals surface area contributed by atoms with Crippen LogP contribution in [0.15, 0.2) is 43.0 Å². The van der Waals surface area contributed by atoms with Gasteiger partial charge >= 0.3 is 0 Å². The minimum atomic E-state index is -0.391. The Labute approximate surface area is 179 Å². The fourth-order valence-corrected chi connectivity index (χ4v) is 3.50. The maximum Gasteiger partial charge on any atom is 0.224 e. The summed E-state index contributed by atoms with van der Waals surface area (Å²) < 4.78 is 13.3. The quantitative estimate of drug-likeness (QED) is 0.557. The number of hydrogen-bond donors (Lipinski definition) is 3. The number of hydrogen-bond acceptors (Lipinski definition) is 8. The van der Waals surface area contributed by atoms with E-state index >= 15 is 0 Å². The molecular formula is C22H22FN7O. The molecule has 0 spiro atoms. The Balaban J connectivity index is 1.52. The van der Waals surface area contributed by atoms with E-state index in [4.69, 9.17) is 0 Å². The fraction of sp³-hybridized carbons (Fsp3) is 0.318. The Bertz CT molecular complexity index is 1130. The molecule has 8 nitrogen and oxygen atoms in total. The van der Waals surface area contributed by atoms with Crippen molar-refractivity contribution in [2.24, 2.45) is 5.41 Å². The maximum absolute atomic E-state index is 13.3. The Morgan fingerprint density at radius 2 is 2.00 bits per heavy atom. The smallest absolute Gasteiger partial charge is 0.224 e. The van der Waals surface area contributed by atoms with Gasteiger partial charge < -0.3 is 15.7 Å². The lowest BCUT2D eigenvalue weighted by Gasteiger charge is -2.49. The molecular weight excluding hydrogens is 397 g/mol. The Morgan fingerprint density at radius 3 is 2.68 bits per heavy atom. The van der Waals surface area contributed by atoms with Crippen molar-refractivity contribution in [3.8, 4) is 17.3 Å². The number of aliphatic hydroxyl groups excluding tert-OH is 1. The molecule has 3 aromatic rings. The fourth-order valence-electron chi connectivity index (χ4n) is 3.50. The highest BCUT2D eigenvalue weighted by molar-refractivity contribution is 5.63. The van der Waals surface area contributed by atoms with Gasteiger partial charge in [0, 0.05) is 35.3 Å². The summed E-state index contributed by atoms with van der Waals surface area (Å²) in [6.07, 6.45) is 4.78. The molecule has 31 heavy (non-hydrogen) atoms. The van der Waals surface area contributed by atoms with Crippen LogP contribution in [0, 0.1) is 22.6 Å². The van der Waals surface area contributed by atoms with Crippen molar-refractivity contribution in [3.05, 3.63) is 59.9 Å². The summed E-state index contributed by atoms with van der Waals surface area (Å²) in [6, 6.07) is 8.19. The van der Waals surface area contributed by atoms with Crippen molar-refractivity contribution in [1.29, 1.82) is 5.26 Å². The summed E-state index contributed by atoms with van der Waals surface area (Å²) in [5.41, 5.74) is 2.27. The molecule has 4 rings (SSSR count). The zero-order valence-electron chi connectivity index (χ0n) is 17.2. The molecule has 0 unspecified atom stereocenters. The van der Waals surface area contributed by atoms with Gasteiger partial charge in [-0.3, -0.25) is 0 Å². The van der Waals surface area contributed by atoms with Gasteiger partial charge in [-0.15, -0.1) is 0 Å². The average Bonchev–Trinajstić information content (AvgIpc) is 2.78. The summed E-state index contributed by atoms with van der Waals surface area (Å²) in [5.74, 6) is 0.451. The topological polar surface area (TPSA) is 120 Å². The largest absolute Gasteiger partial charge is 0.392 e. The van der Waals surface area contributed by atoms with Crippen molar-refractivity contribution >= 4 is 11.8 Å². The molecule has 2 aromatic heterocycles. The number of halogens is 1. The molecule has 1 aromatic carbocycles. The number of nitrogens with zero attached hydrogens (tertiary/aromatic N) is 5. The van der Waals surface area contributed by atoms with E-state index in [1.54, 1.807) is 18.3 Å². The van der Waals surface area contributed by atoms with E-state index in [0.717, 1.165) is 11.1 Å². The molecule has 1 aliphatic rings. The van der Waals surface area contributed by atoms with Gasteiger partial charge in [0.25, 0.3) is 0 Å². The highest BCUT2D eigenvalue weighted by Crippen LogP contribution is 2.42. The molecule has 2 heterocycles. The molecule has 1 aliphatic carbocycles. The van der Waals surface area contributed by atoms with Gasteiger partial charge in [0.05, 0.1) is 18.0 Å². The normalized spacial score (nSPS) is 19.2. The lowest BCUT2D eigenvalue weighted by Crippen LogP contribution is -2.57. The van der Waals surface area contributed by atoms with Gasteiger partial charge in [0.15, 0.2) is 0 Å². The molecule has 1 saturated carbocycles. The highest BCUT2D eigenvalue weighted by Gasteiger charge is 2.47. The lowest BCUT2D eigenvalue weighted by atomic mass is 9.64. The Morgan fingerprint density at radius 1 is 1.23 bits per heavy atom. The molecule has 158 valence electrons. The molecule has 0 aliphatic heterocycles. The van der Waals surface area contributed by atoms with Crippen LogP contribution in [-0.4, -0.2) is 37.2 Å². The van der Waals surface area contributed by atoms with Gasteiger partial charge in [-0.2, -0.15) is 10.2 Å². The Kier molecular flexibility index (Phi) is 5.48. The van der Waals surface area contributed by atoms with E-state index in [0.29, 0.717) is 36.0 Å². The van der Waals surface area contributed by atoms with Crippen LogP contribution < -0.4 is 10.6 Å². The summed E-state index contributed by atoms with van der Waals surface area (Å²) in [6.45, 7) is 4.28. The third kappa shape index (κ3) is 4.15. The van der Waals surface area contributed by atoms with Crippen LogP contribution in [-0.2, 0) is 6.54 Å². The first kappa shape index (κ1) is 20.6. The summed E-state index contributed by atoms with van der Waals surface area (Å²) >= 11 is 0. The van der Waals surface area contributed by atoms with Gasteiger partial charge in [0.1, 0.15) is 29.6 Å².